The van der Waals surface area contributed by atoms with Gasteiger partial charge in [0.05, 0.1) is 6.54 Å². The molecule has 1 saturated carbocycles. The van der Waals surface area contributed by atoms with E-state index in [1.165, 1.54) is 32.1 Å². The van der Waals surface area contributed by atoms with Gasteiger partial charge in [-0.05, 0) is 61.0 Å². The zero-order valence-corrected chi connectivity index (χ0v) is 25.3. The maximum absolute atomic E-state index is 13.9. The number of benzene rings is 1. The van der Waals surface area contributed by atoms with E-state index in [2.05, 4.69) is 26.1 Å². The molecular formula is C33H54N4O3. The zero-order chi connectivity index (χ0) is 29.0. The first-order valence-corrected chi connectivity index (χ1v) is 15.8. The van der Waals surface area contributed by atoms with Crippen molar-refractivity contribution in [2.24, 2.45) is 28.5 Å². The molecule has 1 aliphatic carbocycles. The molecule has 0 spiro atoms. The minimum atomic E-state index is -0.712. The van der Waals surface area contributed by atoms with Crippen LogP contribution >= 0.6 is 0 Å². The molecule has 1 aliphatic heterocycles. The summed E-state index contributed by atoms with van der Waals surface area (Å²) in [6.45, 7) is 8.05. The number of unbranched alkanes of at least 4 members (excludes halogenated alkanes) is 1. The third kappa shape index (κ3) is 9.90. The van der Waals surface area contributed by atoms with E-state index in [-0.39, 0.29) is 24.3 Å². The van der Waals surface area contributed by atoms with Gasteiger partial charge in [0, 0.05) is 26.1 Å². The highest BCUT2D eigenvalue weighted by molar-refractivity contribution is 5.97. The number of aliphatic hydroxyl groups is 1. The Hall–Kier alpha value is -2.41. The molecule has 0 radical (unpaired) electrons. The van der Waals surface area contributed by atoms with Crippen LogP contribution in [0.2, 0.25) is 0 Å². The third-order valence-electron chi connectivity index (χ3n) is 8.66. The molecule has 4 N–H and O–H groups in total. The lowest BCUT2D eigenvalue weighted by Gasteiger charge is -2.41. The van der Waals surface area contributed by atoms with E-state index in [9.17, 15) is 14.7 Å². The molecule has 1 aromatic carbocycles. The van der Waals surface area contributed by atoms with Crippen molar-refractivity contribution in [3.05, 3.63) is 35.4 Å². The number of nitrogens with one attached hydrogen (secondary N) is 1. The van der Waals surface area contributed by atoms with Crippen LogP contribution in [0, 0.1) is 17.8 Å². The SMILES string of the molecule is CCCCC1(CC2CCCCC2)N=C(N)CN(Cc2ccc(CNC(=O)CCCC(CO)CC(C)C)cc2)C1=O. The van der Waals surface area contributed by atoms with Crippen molar-refractivity contribution in [1.29, 1.82) is 0 Å². The minimum Gasteiger partial charge on any atom is -0.396 e. The fourth-order valence-corrected chi connectivity index (χ4v) is 6.56. The predicted molar refractivity (Wildman–Crippen MR) is 163 cm³/mol. The summed E-state index contributed by atoms with van der Waals surface area (Å²) in [5.41, 5.74) is 7.75. The number of hydrogen-bond donors (Lipinski definition) is 3. The summed E-state index contributed by atoms with van der Waals surface area (Å²) in [7, 11) is 0. The maximum Gasteiger partial charge on any atom is 0.251 e. The van der Waals surface area contributed by atoms with E-state index >= 15 is 0 Å². The van der Waals surface area contributed by atoms with Crippen molar-refractivity contribution in [2.75, 3.05) is 13.2 Å². The molecule has 2 atom stereocenters. The summed E-state index contributed by atoms with van der Waals surface area (Å²) in [6.07, 6.45) is 12.9. The molecule has 0 bridgehead atoms. The van der Waals surface area contributed by atoms with E-state index in [0.717, 1.165) is 56.1 Å². The fraction of sp³-hybridized carbons (Fsp3) is 0.727. The highest BCUT2D eigenvalue weighted by Crippen LogP contribution is 2.38. The number of amidine groups is 1. The lowest BCUT2D eigenvalue weighted by atomic mass is 9.76. The van der Waals surface area contributed by atoms with Gasteiger partial charge >= 0.3 is 0 Å². The van der Waals surface area contributed by atoms with Crippen LogP contribution in [0.1, 0.15) is 115 Å². The van der Waals surface area contributed by atoms with Crippen molar-refractivity contribution in [1.82, 2.24) is 10.2 Å². The second-order valence-electron chi connectivity index (χ2n) is 12.8. The topological polar surface area (TPSA) is 108 Å². The maximum atomic E-state index is 13.9. The molecule has 224 valence electrons. The van der Waals surface area contributed by atoms with Gasteiger partial charge in [-0.15, -0.1) is 0 Å². The molecule has 3 rings (SSSR count). The van der Waals surface area contributed by atoms with Gasteiger partial charge < -0.3 is 21.1 Å². The van der Waals surface area contributed by atoms with E-state index in [1.807, 2.05) is 29.2 Å². The van der Waals surface area contributed by atoms with Gasteiger partial charge in [-0.3, -0.25) is 14.6 Å². The normalized spacial score (nSPS) is 21.0. The Morgan fingerprint density at radius 1 is 1.15 bits per heavy atom. The molecule has 0 aromatic heterocycles. The molecule has 40 heavy (non-hydrogen) atoms. The van der Waals surface area contributed by atoms with Crippen molar-refractivity contribution in [2.45, 2.75) is 123 Å². The quantitative estimate of drug-likeness (QED) is 0.243. The average Bonchev–Trinajstić information content (AvgIpc) is 2.94. The van der Waals surface area contributed by atoms with Crippen LogP contribution in [0.4, 0.5) is 0 Å². The Morgan fingerprint density at radius 2 is 1.85 bits per heavy atom. The number of nitrogens with two attached hydrogens (primary N) is 1. The molecule has 7 heteroatoms. The van der Waals surface area contributed by atoms with Gasteiger partial charge in [0.2, 0.25) is 5.91 Å². The molecule has 2 amide bonds. The van der Waals surface area contributed by atoms with Crippen LogP contribution in [0.25, 0.3) is 0 Å². The second kappa shape index (κ2) is 16.1. The third-order valence-corrected chi connectivity index (χ3v) is 8.66. The monoisotopic (exact) mass is 554 g/mol. The van der Waals surface area contributed by atoms with Gasteiger partial charge in [0.15, 0.2) is 0 Å². The average molecular weight is 555 g/mol. The first-order valence-electron chi connectivity index (χ1n) is 15.8. The Labute approximate surface area is 242 Å². The summed E-state index contributed by atoms with van der Waals surface area (Å²) in [5.74, 6) is 2.13. The highest BCUT2D eigenvalue weighted by Gasteiger charge is 2.45. The van der Waals surface area contributed by atoms with Crippen molar-refractivity contribution >= 4 is 17.6 Å². The number of carbonyl (C=O) groups is 2. The molecule has 1 aromatic rings. The van der Waals surface area contributed by atoms with Crippen LogP contribution in [-0.4, -0.2) is 46.3 Å². The number of aliphatic hydroxyl groups excluding tert-OH is 1. The van der Waals surface area contributed by atoms with Crippen molar-refractivity contribution in [3.63, 3.8) is 0 Å². The van der Waals surface area contributed by atoms with Crippen LogP contribution in [-0.2, 0) is 22.7 Å². The zero-order valence-electron chi connectivity index (χ0n) is 25.3. The van der Waals surface area contributed by atoms with E-state index in [0.29, 0.717) is 43.7 Å². The smallest absolute Gasteiger partial charge is 0.251 e. The summed E-state index contributed by atoms with van der Waals surface area (Å²) in [5, 5.41) is 12.6. The van der Waals surface area contributed by atoms with Gasteiger partial charge in [-0.1, -0.05) is 90.0 Å². The number of amides is 2. The summed E-state index contributed by atoms with van der Waals surface area (Å²) < 4.78 is 0. The fourth-order valence-electron chi connectivity index (χ4n) is 6.56. The van der Waals surface area contributed by atoms with E-state index < -0.39 is 5.54 Å². The number of rotatable bonds is 16. The largest absolute Gasteiger partial charge is 0.396 e. The van der Waals surface area contributed by atoms with Gasteiger partial charge in [0.25, 0.3) is 5.91 Å². The minimum absolute atomic E-state index is 0.0420. The molecule has 1 heterocycles. The first kappa shape index (κ1) is 32.1. The highest BCUT2D eigenvalue weighted by atomic mass is 16.3. The number of aliphatic imine (C=N–C) groups is 1. The summed E-state index contributed by atoms with van der Waals surface area (Å²) in [4.78, 5) is 33.0. The second-order valence-corrected chi connectivity index (χ2v) is 12.8. The van der Waals surface area contributed by atoms with Gasteiger partial charge in [-0.25, -0.2) is 0 Å². The van der Waals surface area contributed by atoms with Crippen molar-refractivity contribution < 1.29 is 14.7 Å². The van der Waals surface area contributed by atoms with E-state index in [1.54, 1.807) is 0 Å². The number of hydrogen-bond acceptors (Lipinski definition) is 5. The molecule has 2 aliphatic rings. The molecule has 1 fully saturated rings. The summed E-state index contributed by atoms with van der Waals surface area (Å²) in [6, 6.07) is 8.14. The molecular weight excluding hydrogens is 500 g/mol. The number of carbonyl (C=O) groups excluding carboxylic acids is 2. The van der Waals surface area contributed by atoms with Crippen LogP contribution < -0.4 is 11.1 Å². The Morgan fingerprint density at radius 3 is 2.50 bits per heavy atom. The van der Waals surface area contributed by atoms with Gasteiger partial charge in [0.1, 0.15) is 11.4 Å². The Kier molecular flexibility index (Phi) is 13.0. The Balaban J connectivity index is 1.53. The molecule has 0 saturated heterocycles. The van der Waals surface area contributed by atoms with E-state index in [4.69, 9.17) is 10.7 Å². The Bertz CT molecular complexity index is 955. The molecule has 7 nitrogen and oxygen atoms in total. The number of nitrogens with zero attached hydrogens (tertiary/aromatic N) is 2. The predicted octanol–water partition coefficient (Wildman–Crippen LogP) is 5.73. The van der Waals surface area contributed by atoms with Crippen molar-refractivity contribution in [3.8, 4) is 0 Å². The van der Waals surface area contributed by atoms with Crippen LogP contribution in [0.15, 0.2) is 29.3 Å². The summed E-state index contributed by atoms with van der Waals surface area (Å²) >= 11 is 0. The van der Waals surface area contributed by atoms with Crippen LogP contribution in [0.5, 0.6) is 0 Å². The molecule has 2 unspecified atom stereocenters. The first-order chi connectivity index (χ1) is 19.2. The van der Waals surface area contributed by atoms with Crippen LogP contribution in [0.3, 0.4) is 0 Å². The lowest BCUT2D eigenvalue weighted by Crippen LogP contribution is -2.56. The lowest BCUT2D eigenvalue weighted by molar-refractivity contribution is -0.139. The van der Waals surface area contributed by atoms with Gasteiger partial charge in [-0.2, -0.15) is 0 Å². The standard InChI is InChI=1S/C33H54N4O3/c1-4-5-18-33(20-26-10-7-6-8-11-26)32(40)37(23-30(34)36-33)22-28-16-14-27(15-17-28)21-35-31(39)13-9-12-29(24-38)19-25(2)3/h14-17,25-26,29,38H,4-13,18-24H2,1-3H3,(H2,34,36)(H,35,39).